The molecule has 0 atom stereocenters. The van der Waals surface area contributed by atoms with Crippen molar-refractivity contribution in [3.63, 3.8) is 0 Å². The highest BCUT2D eigenvalue weighted by Gasteiger charge is 2.32. The third-order valence-corrected chi connectivity index (χ3v) is 3.48. The Morgan fingerprint density at radius 2 is 1.88 bits per heavy atom. The van der Waals surface area contributed by atoms with Crippen molar-refractivity contribution in [2.75, 3.05) is 19.8 Å². The first-order valence-corrected chi connectivity index (χ1v) is 6.38. The molecule has 0 bridgehead atoms. The summed E-state index contributed by atoms with van der Waals surface area (Å²) in [6, 6.07) is 9.82. The summed E-state index contributed by atoms with van der Waals surface area (Å²) in [5, 5.41) is 12.9. The maximum absolute atomic E-state index is 9.43. The van der Waals surface area contributed by atoms with E-state index in [1.54, 1.807) is 0 Å². The van der Waals surface area contributed by atoms with E-state index in [1.165, 1.54) is 12.8 Å². The third-order valence-electron chi connectivity index (χ3n) is 3.48. The summed E-state index contributed by atoms with van der Waals surface area (Å²) >= 11 is 0. The molecule has 94 valence electrons. The van der Waals surface area contributed by atoms with Crippen molar-refractivity contribution in [2.24, 2.45) is 0 Å². The molecular formula is C14H21NO2. The van der Waals surface area contributed by atoms with Crippen LogP contribution in [0.1, 0.15) is 25.7 Å². The van der Waals surface area contributed by atoms with Gasteiger partial charge in [0.25, 0.3) is 0 Å². The Labute approximate surface area is 103 Å². The fourth-order valence-corrected chi connectivity index (χ4v) is 2.44. The van der Waals surface area contributed by atoms with Gasteiger partial charge in [0.1, 0.15) is 12.4 Å². The van der Waals surface area contributed by atoms with Gasteiger partial charge in [-0.05, 0) is 25.0 Å². The van der Waals surface area contributed by atoms with Crippen LogP contribution >= 0.6 is 0 Å². The average Bonchev–Trinajstić information content (AvgIpc) is 2.85. The second-order valence-corrected chi connectivity index (χ2v) is 4.73. The predicted octanol–water partition coefficient (Wildman–Crippen LogP) is 1.96. The standard InChI is InChI=1S/C14H21NO2/c16-12-14(8-4-5-9-14)15-10-11-17-13-6-2-1-3-7-13/h1-3,6-7,15-16H,4-5,8-12H2. The van der Waals surface area contributed by atoms with Gasteiger partial charge in [-0.1, -0.05) is 31.0 Å². The number of hydrogen-bond donors (Lipinski definition) is 2. The zero-order chi connectivity index (χ0) is 12.0. The summed E-state index contributed by atoms with van der Waals surface area (Å²) in [6.07, 6.45) is 4.59. The second-order valence-electron chi connectivity index (χ2n) is 4.73. The number of rotatable bonds is 6. The summed E-state index contributed by atoms with van der Waals surface area (Å²) in [5.74, 6) is 0.902. The Hall–Kier alpha value is -1.06. The number of aliphatic hydroxyl groups is 1. The van der Waals surface area contributed by atoms with E-state index in [1.807, 2.05) is 30.3 Å². The van der Waals surface area contributed by atoms with E-state index >= 15 is 0 Å². The molecule has 1 aromatic carbocycles. The molecule has 3 heteroatoms. The molecule has 17 heavy (non-hydrogen) atoms. The van der Waals surface area contributed by atoms with Gasteiger partial charge in [-0.25, -0.2) is 0 Å². The molecule has 0 spiro atoms. The first-order chi connectivity index (χ1) is 8.35. The van der Waals surface area contributed by atoms with Crippen LogP contribution in [-0.2, 0) is 0 Å². The van der Waals surface area contributed by atoms with Gasteiger partial charge >= 0.3 is 0 Å². The number of nitrogens with one attached hydrogen (secondary N) is 1. The van der Waals surface area contributed by atoms with Crippen LogP contribution < -0.4 is 10.1 Å². The first-order valence-electron chi connectivity index (χ1n) is 6.38. The largest absolute Gasteiger partial charge is 0.492 e. The van der Waals surface area contributed by atoms with Crippen LogP contribution in [0.5, 0.6) is 5.75 Å². The van der Waals surface area contributed by atoms with E-state index in [2.05, 4.69) is 5.32 Å². The molecule has 1 aliphatic carbocycles. The van der Waals surface area contributed by atoms with Crippen LogP contribution in [0.3, 0.4) is 0 Å². The molecule has 3 nitrogen and oxygen atoms in total. The highest BCUT2D eigenvalue weighted by molar-refractivity contribution is 5.20. The van der Waals surface area contributed by atoms with Gasteiger partial charge in [-0.2, -0.15) is 0 Å². The molecular weight excluding hydrogens is 214 g/mol. The molecule has 1 fully saturated rings. The third kappa shape index (κ3) is 3.45. The molecule has 0 heterocycles. The first kappa shape index (κ1) is 12.4. The molecule has 0 unspecified atom stereocenters. The van der Waals surface area contributed by atoms with Crippen molar-refractivity contribution in [1.82, 2.24) is 5.32 Å². The van der Waals surface area contributed by atoms with Gasteiger partial charge in [0.05, 0.1) is 6.61 Å². The topological polar surface area (TPSA) is 41.5 Å². The van der Waals surface area contributed by atoms with E-state index in [0.717, 1.165) is 25.1 Å². The molecule has 0 aliphatic heterocycles. The molecule has 1 aromatic rings. The van der Waals surface area contributed by atoms with Gasteiger partial charge in [0.15, 0.2) is 0 Å². The lowest BCUT2D eigenvalue weighted by atomic mass is 9.99. The SMILES string of the molecule is OCC1(NCCOc2ccccc2)CCCC1. The zero-order valence-corrected chi connectivity index (χ0v) is 10.2. The summed E-state index contributed by atoms with van der Waals surface area (Å²) in [5.41, 5.74) is -0.0416. The minimum Gasteiger partial charge on any atom is -0.492 e. The highest BCUT2D eigenvalue weighted by atomic mass is 16.5. The van der Waals surface area contributed by atoms with Crippen LogP contribution in [0.2, 0.25) is 0 Å². The number of hydrogen-bond acceptors (Lipinski definition) is 3. The summed E-state index contributed by atoms with van der Waals surface area (Å²) < 4.78 is 5.61. The normalized spacial score (nSPS) is 18.2. The van der Waals surface area contributed by atoms with Gasteiger partial charge in [-0.15, -0.1) is 0 Å². The summed E-state index contributed by atoms with van der Waals surface area (Å²) in [7, 11) is 0. The van der Waals surface area contributed by atoms with E-state index in [-0.39, 0.29) is 12.1 Å². The van der Waals surface area contributed by atoms with Crippen LogP contribution in [-0.4, -0.2) is 30.4 Å². The van der Waals surface area contributed by atoms with Gasteiger partial charge < -0.3 is 15.2 Å². The number of benzene rings is 1. The molecule has 0 aromatic heterocycles. The molecule has 2 N–H and O–H groups in total. The van der Waals surface area contributed by atoms with E-state index in [4.69, 9.17) is 4.74 Å². The van der Waals surface area contributed by atoms with Crippen molar-refractivity contribution >= 4 is 0 Å². The lowest BCUT2D eigenvalue weighted by molar-refractivity contribution is 0.157. The lowest BCUT2D eigenvalue weighted by Crippen LogP contribution is -2.47. The van der Waals surface area contributed by atoms with E-state index < -0.39 is 0 Å². The maximum atomic E-state index is 9.43. The van der Waals surface area contributed by atoms with Crippen molar-refractivity contribution in [1.29, 1.82) is 0 Å². The zero-order valence-electron chi connectivity index (χ0n) is 10.2. The Kier molecular flexibility index (Phi) is 4.40. The van der Waals surface area contributed by atoms with Gasteiger partial charge in [0.2, 0.25) is 0 Å². The number of para-hydroxylation sites is 1. The molecule has 1 saturated carbocycles. The molecule has 0 saturated heterocycles. The molecule has 0 amide bonds. The van der Waals surface area contributed by atoms with Crippen molar-refractivity contribution in [2.45, 2.75) is 31.2 Å². The van der Waals surface area contributed by atoms with Crippen LogP contribution in [0.15, 0.2) is 30.3 Å². The fraction of sp³-hybridized carbons (Fsp3) is 0.571. The molecule has 0 radical (unpaired) electrons. The number of aliphatic hydroxyl groups excluding tert-OH is 1. The quantitative estimate of drug-likeness (QED) is 0.741. The minimum atomic E-state index is -0.0416. The Morgan fingerprint density at radius 1 is 1.18 bits per heavy atom. The second kappa shape index (κ2) is 6.03. The van der Waals surface area contributed by atoms with E-state index in [9.17, 15) is 5.11 Å². The van der Waals surface area contributed by atoms with Gasteiger partial charge in [-0.3, -0.25) is 0 Å². The van der Waals surface area contributed by atoms with Crippen molar-refractivity contribution < 1.29 is 9.84 Å². The molecule has 2 rings (SSSR count). The van der Waals surface area contributed by atoms with E-state index in [0.29, 0.717) is 6.61 Å². The number of ether oxygens (including phenoxy) is 1. The van der Waals surface area contributed by atoms with Crippen molar-refractivity contribution in [3.05, 3.63) is 30.3 Å². The predicted molar refractivity (Wildman–Crippen MR) is 68.2 cm³/mol. The minimum absolute atomic E-state index is 0.0416. The Bertz CT molecular complexity index is 320. The highest BCUT2D eigenvalue weighted by Crippen LogP contribution is 2.28. The Morgan fingerprint density at radius 3 is 2.53 bits per heavy atom. The Balaban J connectivity index is 1.69. The maximum Gasteiger partial charge on any atom is 0.119 e. The summed E-state index contributed by atoms with van der Waals surface area (Å²) in [4.78, 5) is 0. The summed E-state index contributed by atoms with van der Waals surface area (Å²) in [6.45, 7) is 1.67. The van der Waals surface area contributed by atoms with Crippen LogP contribution in [0, 0.1) is 0 Å². The molecule has 1 aliphatic rings. The van der Waals surface area contributed by atoms with Crippen LogP contribution in [0.25, 0.3) is 0 Å². The lowest BCUT2D eigenvalue weighted by Gasteiger charge is -2.28. The van der Waals surface area contributed by atoms with Crippen LogP contribution in [0.4, 0.5) is 0 Å². The monoisotopic (exact) mass is 235 g/mol. The average molecular weight is 235 g/mol. The smallest absolute Gasteiger partial charge is 0.119 e. The van der Waals surface area contributed by atoms with Gasteiger partial charge in [0, 0.05) is 12.1 Å². The van der Waals surface area contributed by atoms with Crippen molar-refractivity contribution in [3.8, 4) is 5.75 Å². The fourth-order valence-electron chi connectivity index (χ4n) is 2.44.